The third-order valence-corrected chi connectivity index (χ3v) is 5.33. The van der Waals surface area contributed by atoms with Crippen molar-refractivity contribution in [1.82, 2.24) is 15.2 Å². The largest absolute Gasteiger partial charge is 0.355 e. The summed E-state index contributed by atoms with van der Waals surface area (Å²) in [6.07, 6.45) is 2.51. The molecule has 6 heteroatoms. The van der Waals surface area contributed by atoms with Crippen molar-refractivity contribution < 1.29 is 9.59 Å². The maximum Gasteiger partial charge on any atom is 0.224 e. The Kier molecular flexibility index (Phi) is 7.04. The number of hydrogen-bond acceptors (Lipinski definition) is 3. The first-order valence-electron chi connectivity index (χ1n) is 9.74. The standard InChI is InChI=1S/C22H26ClN3O2/c1-16-3-2-4-20(25-16)11-13-24-22(28)18-7-10-21(27)26(15-18)14-12-17-5-8-19(23)9-6-17/h2-6,8-9,18H,7,10-15H2,1H3,(H,24,28)/t18-/m0/s1. The number of piperidine rings is 1. The summed E-state index contributed by atoms with van der Waals surface area (Å²) in [4.78, 5) is 31.0. The van der Waals surface area contributed by atoms with Crippen molar-refractivity contribution in [2.45, 2.75) is 32.6 Å². The van der Waals surface area contributed by atoms with Crippen molar-refractivity contribution in [3.05, 3.63) is 64.4 Å². The van der Waals surface area contributed by atoms with Crippen LogP contribution in [0.4, 0.5) is 0 Å². The smallest absolute Gasteiger partial charge is 0.224 e. The molecule has 0 aliphatic carbocycles. The van der Waals surface area contributed by atoms with Crippen LogP contribution >= 0.6 is 11.6 Å². The summed E-state index contributed by atoms with van der Waals surface area (Å²) in [5.74, 6) is 0.00649. The van der Waals surface area contributed by atoms with Gasteiger partial charge in [-0.05, 0) is 49.6 Å². The second-order valence-corrected chi connectivity index (χ2v) is 7.70. The zero-order valence-electron chi connectivity index (χ0n) is 16.2. The summed E-state index contributed by atoms with van der Waals surface area (Å²) in [7, 11) is 0. The highest BCUT2D eigenvalue weighted by atomic mass is 35.5. The molecule has 2 aromatic rings. The average Bonchev–Trinajstić information content (AvgIpc) is 2.68. The minimum Gasteiger partial charge on any atom is -0.355 e. The van der Waals surface area contributed by atoms with Gasteiger partial charge in [-0.25, -0.2) is 0 Å². The first-order valence-corrected chi connectivity index (χ1v) is 10.1. The molecule has 1 N–H and O–H groups in total. The molecule has 1 aliphatic heterocycles. The molecule has 2 amide bonds. The van der Waals surface area contributed by atoms with Crippen LogP contribution < -0.4 is 5.32 Å². The van der Waals surface area contributed by atoms with Crippen LogP contribution in [-0.2, 0) is 22.4 Å². The molecule has 1 aromatic carbocycles. The van der Waals surface area contributed by atoms with E-state index in [9.17, 15) is 9.59 Å². The fraction of sp³-hybridized carbons (Fsp3) is 0.409. The topological polar surface area (TPSA) is 62.3 Å². The van der Waals surface area contributed by atoms with Crippen LogP contribution in [-0.4, -0.2) is 41.3 Å². The van der Waals surface area contributed by atoms with Gasteiger partial charge < -0.3 is 10.2 Å². The van der Waals surface area contributed by atoms with Gasteiger partial charge in [0.2, 0.25) is 11.8 Å². The molecule has 1 fully saturated rings. The molecule has 1 saturated heterocycles. The van der Waals surface area contributed by atoms with Crippen molar-refractivity contribution in [2.24, 2.45) is 5.92 Å². The van der Waals surface area contributed by atoms with Crippen molar-refractivity contribution in [3.63, 3.8) is 0 Å². The number of hydrogen-bond donors (Lipinski definition) is 1. The molecule has 5 nitrogen and oxygen atoms in total. The Balaban J connectivity index is 1.46. The fourth-order valence-corrected chi connectivity index (χ4v) is 3.58. The minimum atomic E-state index is -0.145. The maximum absolute atomic E-state index is 12.5. The molecule has 3 rings (SSSR count). The molecule has 28 heavy (non-hydrogen) atoms. The van der Waals surface area contributed by atoms with Crippen LogP contribution in [0.2, 0.25) is 5.02 Å². The monoisotopic (exact) mass is 399 g/mol. The SMILES string of the molecule is Cc1cccc(CCNC(=O)[C@H]2CCC(=O)N(CCc3ccc(Cl)cc3)C2)n1. The lowest BCUT2D eigenvalue weighted by Crippen LogP contribution is -2.46. The van der Waals surface area contributed by atoms with Crippen LogP contribution in [0.25, 0.3) is 0 Å². The first-order chi connectivity index (χ1) is 13.5. The van der Waals surface area contributed by atoms with Gasteiger partial charge in [0, 0.05) is 48.9 Å². The number of nitrogens with zero attached hydrogens (tertiary/aromatic N) is 2. The Morgan fingerprint density at radius 2 is 2.00 bits per heavy atom. The van der Waals surface area contributed by atoms with Crippen molar-refractivity contribution in [3.8, 4) is 0 Å². The van der Waals surface area contributed by atoms with Gasteiger partial charge in [-0.15, -0.1) is 0 Å². The molecule has 1 aliphatic rings. The lowest BCUT2D eigenvalue weighted by molar-refractivity contribution is -0.138. The van der Waals surface area contributed by atoms with E-state index in [1.54, 1.807) is 0 Å². The number of pyridine rings is 1. The summed E-state index contributed by atoms with van der Waals surface area (Å²) in [5, 5.41) is 3.71. The highest BCUT2D eigenvalue weighted by molar-refractivity contribution is 6.30. The third-order valence-electron chi connectivity index (χ3n) is 5.08. The Morgan fingerprint density at radius 1 is 1.21 bits per heavy atom. The van der Waals surface area contributed by atoms with Gasteiger partial charge in [-0.1, -0.05) is 29.8 Å². The highest BCUT2D eigenvalue weighted by Crippen LogP contribution is 2.19. The zero-order chi connectivity index (χ0) is 19.9. The molecule has 1 atom stereocenters. The van der Waals surface area contributed by atoms with E-state index in [1.807, 2.05) is 54.3 Å². The molecule has 0 spiro atoms. The number of benzene rings is 1. The Labute approximate surface area is 171 Å². The summed E-state index contributed by atoms with van der Waals surface area (Å²) < 4.78 is 0. The normalized spacial score (nSPS) is 16.9. The molecule has 0 saturated carbocycles. The second-order valence-electron chi connectivity index (χ2n) is 7.26. The predicted octanol–water partition coefficient (Wildman–Crippen LogP) is 3.18. The van der Waals surface area contributed by atoms with Crippen LogP contribution in [0.1, 0.15) is 29.8 Å². The molecule has 0 bridgehead atoms. The molecule has 0 unspecified atom stereocenters. The first kappa shape index (κ1) is 20.3. The fourth-order valence-electron chi connectivity index (χ4n) is 3.46. The van der Waals surface area contributed by atoms with E-state index < -0.39 is 0 Å². The van der Waals surface area contributed by atoms with Gasteiger partial charge in [0.15, 0.2) is 0 Å². The average molecular weight is 400 g/mol. The number of carbonyl (C=O) groups is 2. The summed E-state index contributed by atoms with van der Waals surface area (Å²) in [6.45, 7) is 3.63. The molecule has 2 heterocycles. The van der Waals surface area contributed by atoms with Gasteiger partial charge >= 0.3 is 0 Å². The van der Waals surface area contributed by atoms with E-state index in [1.165, 1.54) is 0 Å². The second kappa shape index (κ2) is 9.69. The predicted molar refractivity (Wildman–Crippen MR) is 110 cm³/mol. The highest BCUT2D eigenvalue weighted by Gasteiger charge is 2.29. The van der Waals surface area contributed by atoms with Gasteiger partial charge in [-0.3, -0.25) is 14.6 Å². The Morgan fingerprint density at radius 3 is 2.75 bits per heavy atom. The maximum atomic E-state index is 12.5. The van der Waals surface area contributed by atoms with E-state index in [2.05, 4.69) is 10.3 Å². The summed E-state index contributed by atoms with van der Waals surface area (Å²) in [6, 6.07) is 13.6. The third kappa shape index (κ3) is 5.80. The molecule has 148 valence electrons. The van der Waals surface area contributed by atoms with Gasteiger partial charge in [-0.2, -0.15) is 0 Å². The van der Waals surface area contributed by atoms with E-state index in [0.717, 1.165) is 23.4 Å². The van der Waals surface area contributed by atoms with Crippen LogP contribution in [0.15, 0.2) is 42.5 Å². The Bertz CT molecular complexity index is 823. The number of likely N-dealkylation sites (tertiary alicyclic amines) is 1. The van der Waals surface area contributed by atoms with Gasteiger partial charge in [0.05, 0.1) is 5.92 Å². The van der Waals surface area contributed by atoms with E-state index in [0.29, 0.717) is 43.9 Å². The molecular weight excluding hydrogens is 374 g/mol. The number of halogens is 1. The van der Waals surface area contributed by atoms with Crippen molar-refractivity contribution in [1.29, 1.82) is 0 Å². The number of nitrogens with one attached hydrogen (secondary N) is 1. The number of aromatic nitrogens is 1. The van der Waals surface area contributed by atoms with E-state index >= 15 is 0 Å². The summed E-state index contributed by atoms with van der Waals surface area (Å²) >= 11 is 5.91. The number of aryl methyl sites for hydroxylation is 1. The van der Waals surface area contributed by atoms with Crippen molar-refractivity contribution >= 4 is 23.4 Å². The van der Waals surface area contributed by atoms with Crippen LogP contribution in [0.5, 0.6) is 0 Å². The van der Waals surface area contributed by atoms with E-state index in [-0.39, 0.29) is 17.7 Å². The van der Waals surface area contributed by atoms with Gasteiger partial charge in [0.25, 0.3) is 0 Å². The van der Waals surface area contributed by atoms with Crippen LogP contribution in [0, 0.1) is 12.8 Å². The summed E-state index contributed by atoms with van der Waals surface area (Å²) in [5.41, 5.74) is 3.09. The lowest BCUT2D eigenvalue weighted by atomic mass is 9.96. The quantitative estimate of drug-likeness (QED) is 0.777. The van der Waals surface area contributed by atoms with E-state index in [4.69, 9.17) is 11.6 Å². The lowest BCUT2D eigenvalue weighted by Gasteiger charge is -2.32. The number of rotatable bonds is 7. The minimum absolute atomic E-state index is 0.0247. The van der Waals surface area contributed by atoms with Gasteiger partial charge in [0.1, 0.15) is 0 Å². The van der Waals surface area contributed by atoms with Crippen LogP contribution in [0.3, 0.4) is 0 Å². The van der Waals surface area contributed by atoms with Crippen molar-refractivity contribution in [2.75, 3.05) is 19.6 Å². The number of amides is 2. The molecule has 0 radical (unpaired) electrons. The zero-order valence-corrected chi connectivity index (χ0v) is 16.9. The molecule has 1 aromatic heterocycles. The molecular formula is C22H26ClN3O2. The number of carbonyl (C=O) groups excluding carboxylic acids is 2. The Hall–Kier alpha value is -2.40.